The van der Waals surface area contributed by atoms with Crippen LogP contribution in [0.1, 0.15) is 37.4 Å². The molecule has 16 heteroatoms. The minimum atomic E-state index is -5.08. The molecule has 1 unspecified atom stereocenters. The average molecular weight is 570 g/mol. The van der Waals surface area contributed by atoms with Crippen LogP contribution in [0.25, 0.3) is 5.65 Å². The summed E-state index contributed by atoms with van der Waals surface area (Å²) >= 11 is 0. The lowest BCUT2D eigenvalue weighted by atomic mass is 9.97. The van der Waals surface area contributed by atoms with Crippen LogP contribution in [0.4, 0.5) is 32.0 Å². The number of aliphatic carboxylic acids is 2. The summed E-state index contributed by atoms with van der Waals surface area (Å²) in [4.78, 5) is 27.6. The highest BCUT2D eigenvalue weighted by Crippen LogP contribution is 2.33. The molecule has 218 valence electrons. The first-order valence-corrected chi connectivity index (χ1v) is 12.3. The quantitative estimate of drug-likeness (QED) is 0.534. The van der Waals surface area contributed by atoms with Crippen molar-refractivity contribution in [3.05, 3.63) is 24.2 Å². The summed E-state index contributed by atoms with van der Waals surface area (Å²) in [6.07, 6.45) is -2.70. The molecule has 0 amide bonds. The molecule has 0 aromatic carbocycles. The van der Waals surface area contributed by atoms with Gasteiger partial charge in [-0.15, -0.1) is 0 Å². The largest absolute Gasteiger partial charge is 0.490 e. The monoisotopic (exact) mass is 569 g/mol. The molecule has 0 spiro atoms. The van der Waals surface area contributed by atoms with Crippen LogP contribution >= 0.6 is 0 Å². The molecule has 4 heterocycles. The van der Waals surface area contributed by atoms with Gasteiger partial charge in [-0.25, -0.2) is 19.1 Å². The molecule has 2 aromatic heterocycles. The van der Waals surface area contributed by atoms with E-state index in [1.165, 1.54) is 44.5 Å². The average Bonchev–Trinajstić information content (AvgIpc) is 3.58. The maximum atomic E-state index is 10.6. The Morgan fingerprint density at radius 3 is 2.08 bits per heavy atom. The van der Waals surface area contributed by atoms with E-state index in [2.05, 4.69) is 28.1 Å². The van der Waals surface area contributed by atoms with Gasteiger partial charge in [0.25, 0.3) is 0 Å². The Morgan fingerprint density at radius 1 is 0.949 bits per heavy atom. The van der Waals surface area contributed by atoms with Gasteiger partial charge in [-0.3, -0.25) is 0 Å². The first kappa shape index (κ1) is 30.4. The molecule has 1 saturated carbocycles. The predicted octanol–water partition coefficient (Wildman–Crippen LogP) is 3.42. The van der Waals surface area contributed by atoms with E-state index >= 15 is 0 Å². The van der Waals surface area contributed by atoms with Gasteiger partial charge in [-0.2, -0.15) is 31.4 Å². The van der Waals surface area contributed by atoms with E-state index in [1.54, 1.807) is 0 Å². The number of hydrogen-bond acceptors (Lipinski definition) is 7. The van der Waals surface area contributed by atoms with Gasteiger partial charge in [-0.05, 0) is 50.3 Å². The van der Waals surface area contributed by atoms with Crippen molar-refractivity contribution in [3.8, 4) is 0 Å². The molecular weight excluding hydrogens is 540 g/mol. The molecule has 2 aromatic rings. The molecule has 5 rings (SSSR count). The summed E-state index contributed by atoms with van der Waals surface area (Å²) in [5.41, 5.74) is 2.18. The number of nitrogens with zero attached hydrogens (tertiary/aromatic N) is 5. The van der Waals surface area contributed by atoms with E-state index < -0.39 is 24.3 Å². The van der Waals surface area contributed by atoms with E-state index in [0.717, 1.165) is 50.2 Å². The second-order valence-electron chi connectivity index (χ2n) is 9.41. The number of piperidine rings is 1. The second kappa shape index (κ2) is 12.8. The van der Waals surface area contributed by atoms with Gasteiger partial charge in [0, 0.05) is 32.1 Å². The number of aromatic nitrogens is 3. The molecule has 2 aliphatic heterocycles. The fourth-order valence-corrected chi connectivity index (χ4v) is 4.17. The molecule has 2 saturated heterocycles. The standard InChI is InChI=1S/C19H27N5O.2C2HF3O2/c1-2-16(13-22(7-1)12-15-3-4-15)19-20-18-6-5-17(14-24(18)21-19)23-8-10-25-11-9-23;2*3-2(4,5)1(6)7/h5-6,14-16H,1-4,7-13H2;2*(H,6,7). The maximum absolute atomic E-state index is 10.6. The highest BCUT2D eigenvalue weighted by atomic mass is 19.4. The van der Waals surface area contributed by atoms with Crippen molar-refractivity contribution in [3.63, 3.8) is 0 Å². The van der Waals surface area contributed by atoms with Gasteiger partial charge in [-0.1, -0.05) is 0 Å². The summed E-state index contributed by atoms with van der Waals surface area (Å²) in [6, 6.07) is 4.27. The van der Waals surface area contributed by atoms with Crippen molar-refractivity contribution in [1.82, 2.24) is 19.5 Å². The van der Waals surface area contributed by atoms with Crippen LogP contribution in [0.15, 0.2) is 18.3 Å². The van der Waals surface area contributed by atoms with Crippen molar-refractivity contribution >= 4 is 23.3 Å². The Morgan fingerprint density at radius 2 is 1.54 bits per heavy atom. The Bertz CT molecular complexity index is 1090. The zero-order valence-electron chi connectivity index (χ0n) is 20.8. The fourth-order valence-electron chi connectivity index (χ4n) is 4.17. The van der Waals surface area contributed by atoms with Gasteiger partial charge in [0.2, 0.25) is 0 Å². The van der Waals surface area contributed by atoms with E-state index in [-0.39, 0.29) is 0 Å². The summed E-state index contributed by atoms with van der Waals surface area (Å²) in [5, 5.41) is 19.1. The Labute approximate surface area is 219 Å². The van der Waals surface area contributed by atoms with Crippen LogP contribution in [0, 0.1) is 5.92 Å². The molecule has 1 atom stereocenters. The number of carboxylic acids is 2. The van der Waals surface area contributed by atoms with Crippen LogP contribution in [-0.4, -0.2) is 99.9 Å². The number of likely N-dealkylation sites (tertiary alicyclic amines) is 1. The van der Waals surface area contributed by atoms with E-state index in [1.807, 2.05) is 4.52 Å². The minimum absolute atomic E-state index is 0.485. The number of carboxylic acid groups (broad SMARTS) is 2. The number of pyridine rings is 1. The Balaban J connectivity index is 0.000000251. The Kier molecular flexibility index (Phi) is 9.98. The summed E-state index contributed by atoms with van der Waals surface area (Å²) < 4.78 is 70.9. The molecule has 39 heavy (non-hydrogen) atoms. The molecule has 2 N–H and O–H groups in total. The molecule has 3 aliphatic rings. The van der Waals surface area contributed by atoms with Crippen molar-refractivity contribution in [1.29, 1.82) is 0 Å². The third-order valence-corrected chi connectivity index (χ3v) is 6.28. The summed E-state index contributed by atoms with van der Waals surface area (Å²) in [5.74, 6) is -3.04. The molecule has 0 bridgehead atoms. The van der Waals surface area contributed by atoms with Crippen molar-refractivity contribution in [2.75, 3.05) is 50.8 Å². The number of rotatable bonds is 4. The van der Waals surface area contributed by atoms with Gasteiger partial charge >= 0.3 is 24.3 Å². The second-order valence-corrected chi connectivity index (χ2v) is 9.41. The lowest BCUT2D eigenvalue weighted by Crippen LogP contribution is -2.36. The van der Waals surface area contributed by atoms with Crippen LogP contribution in [-0.2, 0) is 14.3 Å². The van der Waals surface area contributed by atoms with Gasteiger partial charge in [0.05, 0.1) is 25.1 Å². The number of carbonyl (C=O) groups is 2. The van der Waals surface area contributed by atoms with Crippen molar-refractivity contribution in [2.45, 2.75) is 44.0 Å². The van der Waals surface area contributed by atoms with Gasteiger partial charge < -0.3 is 24.7 Å². The van der Waals surface area contributed by atoms with Gasteiger partial charge in [0.15, 0.2) is 11.5 Å². The maximum Gasteiger partial charge on any atom is 0.490 e. The van der Waals surface area contributed by atoms with E-state index in [0.29, 0.717) is 5.92 Å². The first-order chi connectivity index (χ1) is 18.2. The van der Waals surface area contributed by atoms with E-state index in [4.69, 9.17) is 34.6 Å². The van der Waals surface area contributed by atoms with Crippen LogP contribution < -0.4 is 4.90 Å². The highest BCUT2D eigenvalue weighted by Gasteiger charge is 2.39. The number of halogens is 6. The minimum Gasteiger partial charge on any atom is -0.475 e. The van der Waals surface area contributed by atoms with Crippen molar-refractivity contribution < 1.29 is 50.9 Å². The number of fused-ring (bicyclic) bond motifs is 1. The van der Waals surface area contributed by atoms with Gasteiger partial charge in [0.1, 0.15) is 0 Å². The molecule has 3 fully saturated rings. The molecule has 0 radical (unpaired) electrons. The zero-order valence-corrected chi connectivity index (χ0v) is 20.8. The lowest BCUT2D eigenvalue weighted by molar-refractivity contribution is -0.193. The first-order valence-electron chi connectivity index (χ1n) is 12.3. The molecule has 1 aliphatic carbocycles. The summed E-state index contributed by atoms with van der Waals surface area (Å²) in [7, 11) is 0. The number of anilines is 1. The highest BCUT2D eigenvalue weighted by molar-refractivity contribution is 5.73. The Hall–Kier alpha value is -3.14. The normalized spacial score (nSPS) is 20.5. The summed E-state index contributed by atoms with van der Waals surface area (Å²) in [6.45, 7) is 7.17. The smallest absolute Gasteiger partial charge is 0.475 e. The topological polar surface area (TPSA) is 120 Å². The molecule has 10 nitrogen and oxygen atoms in total. The fraction of sp³-hybridized carbons (Fsp3) is 0.652. The number of alkyl halides is 6. The van der Waals surface area contributed by atoms with Crippen LogP contribution in [0.2, 0.25) is 0 Å². The lowest BCUT2D eigenvalue weighted by Gasteiger charge is -2.31. The van der Waals surface area contributed by atoms with Crippen LogP contribution in [0.5, 0.6) is 0 Å². The number of ether oxygens (including phenoxy) is 1. The predicted molar refractivity (Wildman–Crippen MR) is 125 cm³/mol. The van der Waals surface area contributed by atoms with Crippen LogP contribution in [0.3, 0.4) is 0 Å². The SMILES string of the molecule is O=C(O)C(F)(F)F.O=C(O)C(F)(F)F.c1cc2nc(C3CCCN(CC4CC4)C3)nn2cc1N1CCOCC1. The third kappa shape index (κ3) is 9.53. The van der Waals surface area contributed by atoms with E-state index in [9.17, 15) is 26.3 Å². The van der Waals surface area contributed by atoms with Crippen molar-refractivity contribution in [2.24, 2.45) is 5.92 Å². The third-order valence-electron chi connectivity index (χ3n) is 6.28. The number of hydrogen-bond donors (Lipinski definition) is 2. The molecular formula is C23H29F6N5O5. The number of morpholine rings is 1. The zero-order chi connectivity index (χ0) is 28.8.